The molecule has 7 heteroatoms. The third-order valence-corrected chi connectivity index (χ3v) is 4.94. The van der Waals surface area contributed by atoms with Gasteiger partial charge < -0.3 is 10.1 Å². The van der Waals surface area contributed by atoms with E-state index in [0.29, 0.717) is 18.2 Å². The molecule has 0 spiro atoms. The number of benzene rings is 1. The van der Waals surface area contributed by atoms with Gasteiger partial charge >= 0.3 is 5.97 Å². The van der Waals surface area contributed by atoms with Crippen molar-refractivity contribution in [2.24, 2.45) is 5.92 Å². The summed E-state index contributed by atoms with van der Waals surface area (Å²) in [4.78, 5) is 23.8. The highest BCUT2D eigenvalue weighted by atomic mass is 16.5. The summed E-state index contributed by atoms with van der Waals surface area (Å²) in [5, 5.41) is 11.0. The number of rotatable bonds is 7. The van der Waals surface area contributed by atoms with Crippen LogP contribution in [0, 0.1) is 5.92 Å². The molecule has 1 aliphatic carbocycles. The number of esters is 1. The fraction of sp³-hybridized carbons (Fsp3) is 0.429. The molecule has 0 saturated heterocycles. The van der Waals surface area contributed by atoms with Crippen LogP contribution >= 0.6 is 0 Å². The summed E-state index contributed by atoms with van der Waals surface area (Å²) in [6.07, 6.45) is 8.98. The lowest BCUT2D eigenvalue weighted by Gasteiger charge is -2.29. The Kier molecular flexibility index (Phi) is 6.94. The molecule has 1 aromatic heterocycles. The molecule has 1 N–H and O–H groups in total. The van der Waals surface area contributed by atoms with Crippen molar-refractivity contribution in [2.45, 2.75) is 45.2 Å². The zero-order valence-corrected chi connectivity index (χ0v) is 16.1. The van der Waals surface area contributed by atoms with Gasteiger partial charge in [0.2, 0.25) is 0 Å². The highest BCUT2D eigenvalue weighted by molar-refractivity contribution is 5.89. The van der Waals surface area contributed by atoms with Crippen LogP contribution in [-0.2, 0) is 20.9 Å². The van der Waals surface area contributed by atoms with Crippen molar-refractivity contribution >= 4 is 18.0 Å². The molecule has 3 rings (SSSR count). The van der Waals surface area contributed by atoms with E-state index in [2.05, 4.69) is 22.6 Å². The summed E-state index contributed by atoms with van der Waals surface area (Å²) in [6.45, 7) is 2.47. The lowest BCUT2D eigenvalue weighted by atomic mass is 9.86. The minimum atomic E-state index is -0.579. The van der Waals surface area contributed by atoms with Gasteiger partial charge in [-0.2, -0.15) is 0 Å². The predicted octanol–water partition coefficient (Wildman–Crippen LogP) is 2.58. The normalized spacial score (nSPS) is 19.5. The number of aromatic nitrogens is 3. The van der Waals surface area contributed by atoms with Crippen molar-refractivity contribution in [3.8, 4) is 0 Å². The SMILES string of the molecule is C[C@@H]1CCCC[C@H]1NC(=O)COC(=O)/C=C/c1cn(Cc2ccccc2)nn1. The highest BCUT2D eigenvalue weighted by Crippen LogP contribution is 2.23. The minimum Gasteiger partial charge on any atom is -0.452 e. The molecule has 0 radical (unpaired) electrons. The van der Waals surface area contributed by atoms with E-state index in [1.54, 1.807) is 10.9 Å². The number of ether oxygens (including phenoxy) is 1. The van der Waals surface area contributed by atoms with Gasteiger partial charge in [-0.05, 0) is 30.4 Å². The summed E-state index contributed by atoms with van der Waals surface area (Å²) >= 11 is 0. The maximum Gasteiger partial charge on any atom is 0.331 e. The maximum absolute atomic E-state index is 12.0. The molecule has 28 heavy (non-hydrogen) atoms. The van der Waals surface area contributed by atoms with Crippen LogP contribution in [-0.4, -0.2) is 39.5 Å². The Morgan fingerprint density at radius 3 is 2.82 bits per heavy atom. The molecular weight excluding hydrogens is 356 g/mol. The average molecular weight is 382 g/mol. The molecule has 2 aromatic rings. The zero-order chi connectivity index (χ0) is 19.8. The number of carbonyl (C=O) groups is 2. The monoisotopic (exact) mass is 382 g/mol. The number of hydrogen-bond acceptors (Lipinski definition) is 5. The molecule has 0 aliphatic heterocycles. The molecule has 1 fully saturated rings. The first-order chi connectivity index (χ1) is 13.6. The van der Waals surface area contributed by atoms with Crippen LogP contribution in [0.15, 0.2) is 42.6 Å². The number of carbonyl (C=O) groups excluding carboxylic acids is 2. The topological polar surface area (TPSA) is 86.1 Å². The third-order valence-electron chi connectivity index (χ3n) is 4.94. The summed E-state index contributed by atoms with van der Waals surface area (Å²) in [6, 6.07) is 10.1. The van der Waals surface area contributed by atoms with Gasteiger partial charge in [0.05, 0.1) is 12.7 Å². The molecule has 1 saturated carbocycles. The molecule has 0 bridgehead atoms. The van der Waals surface area contributed by atoms with Crippen molar-refractivity contribution in [3.63, 3.8) is 0 Å². The largest absolute Gasteiger partial charge is 0.452 e. The van der Waals surface area contributed by atoms with Crippen molar-refractivity contribution in [3.05, 3.63) is 53.9 Å². The van der Waals surface area contributed by atoms with Gasteiger partial charge in [0, 0.05) is 12.1 Å². The van der Waals surface area contributed by atoms with E-state index in [1.807, 2.05) is 30.3 Å². The van der Waals surface area contributed by atoms with Crippen LogP contribution in [0.3, 0.4) is 0 Å². The molecule has 0 unspecified atom stereocenters. The van der Waals surface area contributed by atoms with Crippen LogP contribution in [0.5, 0.6) is 0 Å². The van der Waals surface area contributed by atoms with Gasteiger partial charge in [-0.1, -0.05) is 55.3 Å². The Morgan fingerprint density at radius 1 is 1.25 bits per heavy atom. The Labute approximate surface area is 164 Å². The highest BCUT2D eigenvalue weighted by Gasteiger charge is 2.22. The van der Waals surface area contributed by atoms with E-state index in [4.69, 9.17) is 4.74 Å². The number of amides is 1. The lowest BCUT2D eigenvalue weighted by molar-refractivity contribution is -0.144. The summed E-state index contributed by atoms with van der Waals surface area (Å²) < 4.78 is 6.71. The smallest absolute Gasteiger partial charge is 0.331 e. The quantitative estimate of drug-likeness (QED) is 0.588. The van der Waals surface area contributed by atoms with E-state index in [0.717, 1.165) is 24.8 Å². The molecular formula is C21H26N4O3. The summed E-state index contributed by atoms with van der Waals surface area (Å²) in [7, 11) is 0. The first-order valence-electron chi connectivity index (χ1n) is 9.68. The molecule has 1 aromatic carbocycles. The Morgan fingerprint density at radius 2 is 2.04 bits per heavy atom. The first kappa shape index (κ1) is 19.8. The van der Waals surface area contributed by atoms with E-state index in [9.17, 15) is 9.59 Å². The molecule has 2 atom stereocenters. The van der Waals surface area contributed by atoms with Crippen LogP contribution in [0.25, 0.3) is 6.08 Å². The number of nitrogens with zero attached hydrogens (tertiary/aromatic N) is 3. The van der Waals surface area contributed by atoms with Crippen LogP contribution in [0.4, 0.5) is 0 Å². The average Bonchev–Trinajstić information content (AvgIpc) is 3.15. The fourth-order valence-corrected chi connectivity index (χ4v) is 3.35. The Hall–Kier alpha value is -2.96. The van der Waals surface area contributed by atoms with Crippen LogP contribution in [0.1, 0.15) is 43.9 Å². The van der Waals surface area contributed by atoms with Gasteiger partial charge in [-0.25, -0.2) is 9.48 Å². The van der Waals surface area contributed by atoms with E-state index >= 15 is 0 Å². The third kappa shape index (κ3) is 6.04. The van der Waals surface area contributed by atoms with Crippen molar-refractivity contribution < 1.29 is 14.3 Å². The molecule has 148 valence electrons. The van der Waals surface area contributed by atoms with Crippen molar-refractivity contribution in [1.82, 2.24) is 20.3 Å². The predicted molar refractivity (Wildman–Crippen MR) is 105 cm³/mol. The van der Waals surface area contributed by atoms with Gasteiger partial charge in [-0.3, -0.25) is 4.79 Å². The van der Waals surface area contributed by atoms with Crippen LogP contribution in [0.2, 0.25) is 0 Å². The van der Waals surface area contributed by atoms with Crippen molar-refractivity contribution in [1.29, 1.82) is 0 Å². The van der Waals surface area contributed by atoms with Gasteiger partial charge in [-0.15, -0.1) is 5.10 Å². The van der Waals surface area contributed by atoms with Crippen molar-refractivity contribution in [2.75, 3.05) is 6.61 Å². The number of hydrogen-bond donors (Lipinski definition) is 1. The second-order valence-electron chi connectivity index (χ2n) is 7.20. The van der Waals surface area contributed by atoms with E-state index in [1.165, 1.54) is 18.6 Å². The second kappa shape index (κ2) is 9.82. The first-order valence-corrected chi connectivity index (χ1v) is 9.68. The van der Waals surface area contributed by atoms with Crippen LogP contribution < -0.4 is 5.32 Å². The Bertz CT molecular complexity index is 816. The van der Waals surface area contributed by atoms with Gasteiger partial charge in [0.1, 0.15) is 5.69 Å². The fourth-order valence-electron chi connectivity index (χ4n) is 3.35. The maximum atomic E-state index is 12.0. The minimum absolute atomic E-state index is 0.176. The molecule has 1 aliphatic rings. The number of nitrogens with one attached hydrogen (secondary N) is 1. The Balaban J connectivity index is 1.42. The zero-order valence-electron chi connectivity index (χ0n) is 16.1. The van der Waals surface area contributed by atoms with Gasteiger partial charge in [0.25, 0.3) is 5.91 Å². The van der Waals surface area contributed by atoms with E-state index in [-0.39, 0.29) is 18.6 Å². The molecule has 1 heterocycles. The standard InChI is InChI=1S/C21H26N4O3/c1-16-7-5-6-10-19(16)22-20(26)15-28-21(27)12-11-18-14-25(24-23-18)13-17-8-3-2-4-9-17/h2-4,8-9,11-12,14,16,19H,5-7,10,13,15H2,1H3,(H,22,26)/b12-11+/t16-,19-/m1/s1. The second-order valence-corrected chi connectivity index (χ2v) is 7.20. The van der Waals surface area contributed by atoms with E-state index < -0.39 is 5.97 Å². The van der Waals surface area contributed by atoms with Gasteiger partial charge in [0.15, 0.2) is 6.61 Å². The molecule has 7 nitrogen and oxygen atoms in total. The molecule has 1 amide bonds. The lowest BCUT2D eigenvalue weighted by Crippen LogP contribution is -2.42. The summed E-state index contributed by atoms with van der Waals surface area (Å²) in [5.74, 6) is -0.370. The summed E-state index contributed by atoms with van der Waals surface area (Å²) in [5.41, 5.74) is 1.66.